The zero-order chi connectivity index (χ0) is 22.3. The highest BCUT2D eigenvalue weighted by atomic mass is 16.3. The van der Waals surface area contributed by atoms with E-state index in [0.717, 1.165) is 24.6 Å². The molecule has 0 radical (unpaired) electrons. The number of aliphatic hydroxyl groups excluding tert-OH is 1. The van der Waals surface area contributed by atoms with Crippen LogP contribution in [0.3, 0.4) is 0 Å². The number of rotatable bonds is 4. The SMILES string of the molecule is CN(C)C1=CC(O)N(CC(=O)Nc2ccc3ocnc3c2)N=C1N1CCC2(CCCC2)C1. The number of amides is 1. The summed E-state index contributed by atoms with van der Waals surface area (Å²) in [6.45, 7) is 1.89. The number of carbonyl (C=O) groups is 1. The highest BCUT2D eigenvalue weighted by Crippen LogP contribution is 2.45. The van der Waals surface area contributed by atoms with E-state index in [1.54, 1.807) is 24.3 Å². The van der Waals surface area contributed by atoms with Crippen molar-refractivity contribution in [1.29, 1.82) is 0 Å². The van der Waals surface area contributed by atoms with Crippen molar-refractivity contribution >= 4 is 28.5 Å². The Balaban J connectivity index is 1.31. The lowest BCUT2D eigenvalue weighted by molar-refractivity contribution is -0.119. The summed E-state index contributed by atoms with van der Waals surface area (Å²) in [7, 11) is 3.91. The van der Waals surface area contributed by atoms with E-state index in [-0.39, 0.29) is 12.5 Å². The number of fused-ring (bicyclic) bond motifs is 1. The van der Waals surface area contributed by atoms with E-state index in [9.17, 15) is 9.90 Å². The molecule has 3 aliphatic rings. The Labute approximate surface area is 187 Å². The van der Waals surface area contributed by atoms with Crippen LogP contribution < -0.4 is 5.32 Å². The molecule has 5 rings (SSSR count). The summed E-state index contributed by atoms with van der Waals surface area (Å²) in [5.74, 6) is 0.575. The average Bonchev–Trinajstić information content (AvgIpc) is 3.51. The number of anilines is 1. The number of benzene rings is 1. The second kappa shape index (κ2) is 8.12. The number of amidine groups is 1. The number of likely N-dealkylation sites (N-methyl/N-ethyl adjacent to an activating group) is 1. The van der Waals surface area contributed by atoms with Crippen LogP contribution in [0.1, 0.15) is 32.1 Å². The first-order chi connectivity index (χ1) is 15.4. The Hall–Kier alpha value is -3.07. The molecule has 1 spiro atoms. The minimum absolute atomic E-state index is 0.0578. The minimum atomic E-state index is -0.969. The van der Waals surface area contributed by atoms with E-state index in [2.05, 4.69) is 15.2 Å². The number of hydrogen-bond donors (Lipinski definition) is 2. The summed E-state index contributed by atoms with van der Waals surface area (Å²) in [5, 5.41) is 19.7. The average molecular weight is 439 g/mol. The number of nitrogens with one attached hydrogen (secondary N) is 1. The number of hydrazone groups is 1. The van der Waals surface area contributed by atoms with Crippen LogP contribution in [0, 0.1) is 5.41 Å². The molecule has 1 aromatic heterocycles. The van der Waals surface area contributed by atoms with Crippen LogP contribution in [0.15, 0.2) is 45.9 Å². The van der Waals surface area contributed by atoms with Crippen LogP contribution in [-0.4, -0.2) is 76.6 Å². The molecule has 1 saturated carbocycles. The van der Waals surface area contributed by atoms with Gasteiger partial charge in [0.2, 0.25) is 5.91 Å². The van der Waals surface area contributed by atoms with Gasteiger partial charge < -0.3 is 24.6 Å². The van der Waals surface area contributed by atoms with E-state index < -0.39 is 6.23 Å². The molecule has 9 nitrogen and oxygen atoms in total. The largest absolute Gasteiger partial charge is 0.443 e. The number of likely N-dealkylation sites (tertiary alicyclic amines) is 1. The van der Waals surface area contributed by atoms with E-state index in [4.69, 9.17) is 9.52 Å². The molecule has 2 aromatic rings. The van der Waals surface area contributed by atoms with Gasteiger partial charge in [-0.15, -0.1) is 0 Å². The van der Waals surface area contributed by atoms with Crippen LogP contribution in [-0.2, 0) is 4.79 Å². The van der Waals surface area contributed by atoms with Crippen molar-refractivity contribution in [3.8, 4) is 0 Å². The number of aliphatic hydroxyl groups is 1. The van der Waals surface area contributed by atoms with Crippen LogP contribution in [0.4, 0.5) is 5.69 Å². The number of carbonyl (C=O) groups excluding carboxylic acids is 1. The van der Waals surface area contributed by atoms with Gasteiger partial charge in [0, 0.05) is 32.9 Å². The third kappa shape index (κ3) is 3.92. The first-order valence-corrected chi connectivity index (χ1v) is 11.2. The normalized spacial score (nSPS) is 22.4. The quantitative estimate of drug-likeness (QED) is 0.757. The van der Waals surface area contributed by atoms with Crippen LogP contribution in [0.5, 0.6) is 0 Å². The molecular weight excluding hydrogens is 408 g/mol. The van der Waals surface area contributed by atoms with Gasteiger partial charge in [0.15, 0.2) is 24.0 Å². The standard InChI is InChI=1S/C23H30N6O3/c1-27(2)18-12-21(31)29(26-22(18)28-10-9-23(14-28)7-3-4-8-23)13-20(30)25-16-5-6-19-17(11-16)24-15-32-19/h5-6,11-12,15,21,31H,3-4,7-10,13-14H2,1-2H3,(H,25,30). The van der Waals surface area contributed by atoms with Gasteiger partial charge in [0.1, 0.15) is 12.1 Å². The Bertz CT molecular complexity index is 1070. The highest BCUT2D eigenvalue weighted by molar-refractivity contribution is 5.99. The number of oxazole rings is 1. The zero-order valence-electron chi connectivity index (χ0n) is 18.6. The van der Waals surface area contributed by atoms with Crippen molar-refractivity contribution in [2.75, 3.05) is 39.0 Å². The zero-order valence-corrected chi connectivity index (χ0v) is 18.6. The summed E-state index contributed by atoms with van der Waals surface area (Å²) < 4.78 is 5.24. The number of nitrogens with zero attached hydrogens (tertiary/aromatic N) is 5. The van der Waals surface area contributed by atoms with E-state index in [0.29, 0.717) is 22.2 Å². The Kier molecular flexibility index (Phi) is 5.28. The summed E-state index contributed by atoms with van der Waals surface area (Å²) in [4.78, 5) is 21.1. The summed E-state index contributed by atoms with van der Waals surface area (Å²) >= 11 is 0. The molecule has 1 aromatic carbocycles. The number of aromatic nitrogens is 1. The third-order valence-electron chi connectivity index (χ3n) is 6.87. The fourth-order valence-corrected chi connectivity index (χ4v) is 5.17. The van der Waals surface area contributed by atoms with Crippen molar-refractivity contribution in [3.63, 3.8) is 0 Å². The van der Waals surface area contributed by atoms with Gasteiger partial charge in [-0.1, -0.05) is 12.8 Å². The second-order valence-corrected chi connectivity index (χ2v) is 9.34. The van der Waals surface area contributed by atoms with Crippen molar-refractivity contribution in [2.45, 2.75) is 38.3 Å². The molecule has 1 atom stereocenters. The summed E-state index contributed by atoms with van der Waals surface area (Å²) in [6, 6.07) is 5.29. The van der Waals surface area contributed by atoms with E-state index in [1.807, 2.05) is 19.0 Å². The van der Waals surface area contributed by atoms with Gasteiger partial charge in [-0.25, -0.2) is 4.98 Å². The molecule has 170 valence electrons. The Morgan fingerprint density at radius 3 is 2.91 bits per heavy atom. The van der Waals surface area contributed by atoms with Gasteiger partial charge in [-0.2, -0.15) is 5.10 Å². The van der Waals surface area contributed by atoms with Crippen LogP contribution >= 0.6 is 0 Å². The molecule has 2 fully saturated rings. The predicted octanol–water partition coefficient (Wildman–Crippen LogP) is 2.43. The molecular formula is C23H30N6O3. The third-order valence-corrected chi connectivity index (χ3v) is 6.87. The minimum Gasteiger partial charge on any atom is -0.443 e. The fourth-order valence-electron chi connectivity index (χ4n) is 5.17. The van der Waals surface area contributed by atoms with Crippen LogP contribution in [0.2, 0.25) is 0 Å². The topological polar surface area (TPSA) is 97.4 Å². The van der Waals surface area contributed by atoms with Gasteiger partial charge in [0.05, 0.1) is 5.70 Å². The molecule has 1 aliphatic carbocycles. The van der Waals surface area contributed by atoms with Gasteiger partial charge in [0.25, 0.3) is 0 Å². The van der Waals surface area contributed by atoms with Crippen molar-refractivity contribution in [1.82, 2.24) is 19.8 Å². The molecule has 1 unspecified atom stereocenters. The lowest BCUT2D eigenvalue weighted by atomic mass is 9.86. The molecule has 32 heavy (non-hydrogen) atoms. The first kappa shape index (κ1) is 20.8. The molecule has 2 N–H and O–H groups in total. The van der Waals surface area contributed by atoms with Crippen LogP contribution in [0.25, 0.3) is 11.1 Å². The van der Waals surface area contributed by atoms with E-state index >= 15 is 0 Å². The van der Waals surface area contributed by atoms with Crippen molar-refractivity contribution in [3.05, 3.63) is 36.4 Å². The lowest BCUT2D eigenvalue weighted by Crippen LogP contribution is -2.46. The maximum atomic E-state index is 12.7. The number of hydrogen-bond acceptors (Lipinski definition) is 8. The van der Waals surface area contributed by atoms with Crippen molar-refractivity contribution in [2.24, 2.45) is 10.5 Å². The lowest BCUT2D eigenvalue weighted by Gasteiger charge is -2.35. The summed E-state index contributed by atoms with van der Waals surface area (Å²) in [6.07, 6.45) is 8.54. The molecule has 2 aliphatic heterocycles. The van der Waals surface area contributed by atoms with Gasteiger partial charge in [-0.3, -0.25) is 9.80 Å². The van der Waals surface area contributed by atoms with Gasteiger partial charge in [-0.05, 0) is 49.0 Å². The second-order valence-electron chi connectivity index (χ2n) is 9.34. The van der Waals surface area contributed by atoms with Crippen molar-refractivity contribution < 1.29 is 14.3 Å². The maximum absolute atomic E-state index is 12.7. The summed E-state index contributed by atoms with van der Waals surface area (Å²) in [5.41, 5.74) is 3.25. The fraction of sp³-hybridized carbons (Fsp3) is 0.522. The molecule has 9 heteroatoms. The maximum Gasteiger partial charge on any atom is 0.245 e. The Morgan fingerprint density at radius 1 is 1.31 bits per heavy atom. The Morgan fingerprint density at radius 2 is 2.12 bits per heavy atom. The molecule has 3 heterocycles. The van der Waals surface area contributed by atoms with Gasteiger partial charge >= 0.3 is 0 Å². The molecule has 1 saturated heterocycles. The predicted molar refractivity (Wildman–Crippen MR) is 122 cm³/mol. The molecule has 1 amide bonds. The first-order valence-electron chi connectivity index (χ1n) is 11.2. The monoisotopic (exact) mass is 438 g/mol. The smallest absolute Gasteiger partial charge is 0.245 e. The highest BCUT2D eigenvalue weighted by Gasteiger charge is 2.42. The molecule has 0 bridgehead atoms. The van der Waals surface area contributed by atoms with E-state index in [1.165, 1.54) is 43.5 Å².